The van der Waals surface area contributed by atoms with Crippen molar-refractivity contribution in [3.8, 4) is 16.9 Å². The molecule has 2 aromatic carbocycles. The van der Waals surface area contributed by atoms with Gasteiger partial charge in [-0.3, -0.25) is 4.79 Å². The van der Waals surface area contributed by atoms with E-state index in [0.717, 1.165) is 22.1 Å². The monoisotopic (exact) mass is 381 g/mol. The first-order valence-corrected chi connectivity index (χ1v) is 9.12. The van der Waals surface area contributed by atoms with Crippen molar-refractivity contribution in [3.63, 3.8) is 0 Å². The van der Waals surface area contributed by atoms with Gasteiger partial charge in [0.25, 0.3) is 0 Å². The normalized spacial score (nSPS) is 12.0. The van der Waals surface area contributed by atoms with E-state index in [9.17, 15) is 9.59 Å². The Morgan fingerprint density at radius 3 is 2.64 bits per heavy atom. The molecule has 1 heterocycles. The van der Waals surface area contributed by atoms with E-state index in [1.807, 2.05) is 36.4 Å². The summed E-state index contributed by atoms with van der Waals surface area (Å²) in [5, 5.41) is 12.6. The summed E-state index contributed by atoms with van der Waals surface area (Å²) in [6, 6.07) is 14.4. The number of nitrogens with one attached hydrogen (secondary N) is 1. The van der Waals surface area contributed by atoms with E-state index in [1.165, 1.54) is 13.2 Å². The Bertz CT molecular complexity index is 1030. The molecule has 0 aliphatic carbocycles. The van der Waals surface area contributed by atoms with Crippen LogP contribution >= 0.6 is 0 Å². The fraction of sp³-hybridized carbons (Fsp3) is 0.273. The predicted molar refractivity (Wildman–Crippen MR) is 107 cm³/mol. The highest BCUT2D eigenvalue weighted by molar-refractivity contribution is 5.94. The van der Waals surface area contributed by atoms with E-state index in [1.54, 1.807) is 13.0 Å². The average molecular weight is 381 g/mol. The van der Waals surface area contributed by atoms with Crippen LogP contribution in [0.2, 0.25) is 0 Å². The number of hydrogen-bond acceptors (Lipinski definition) is 5. The molecule has 1 atom stereocenters. The standard InChI is InChI=1S/C22H23NO5/c1-14(13-24)23-21(25)9-8-16-10-18-17(15-6-4-3-5-7-15)11-22(26)28-20(18)12-19(16)27-2/h3-7,10-12,14,24H,8-9,13H2,1-2H3,(H,23,25)/t14-/m1/s1. The molecule has 6 heteroatoms. The minimum atomic E-state index is -0.432. The molecule has 3 aromatic rings. The van der Waals surface area contributed by atoms with Crippen LogP contribution in [0.3, 0.4) is 0 Å². The summed E-state index contributed by atoms with van der Waals surface area (Å²) < 4.78 is 10.8. The number of carbonyl (C=O) groups is 1. The SMILES string of the molecule is COc1cc2oc(=O)cc(-c3ccccc3)c2cc1CCC(=O)N[C@H](C)CO. The van der Waals surface area contributed by atoms with Gasteiger partial charge in [-0.25, -0.2) is 4.79 Å². The van der Waals surface area contributed by atoms with Crippen LogP contribution in [-0.2, 0) is 11.2 Å². The molecule has 0 fully saturated rings. The van der Waals surface area contributed by atoms with E-state index in [2.05, 4.69) is 5.32 Å². The van der Waals surface area contributed by atoms with Gasteiger partial charge in [0, 0.05) is 30.0 Å². The molecule has 0 radical (unpaired) electrons. The molecule has 0 bridgehead atoms. The first-order valence-electron chi connectivity index (χ1n) is 9.12. The smallest absolute Gasteiger partial charge is 0.336 e. The lowest BCUT2D eigenvalue weighted by atomic mass is 9.98. The number of aryl methyl sites for hydroxylation is 1. The Balaban J connectivity index is 2.00. The van der Waals surface area contributed by atoms with Crippen LogP contribution in [0.4, 0.5) is 0 Å². The largest absolute Gasteiger partial charge is 0.496 e. The topological polar surface area (TPSA) is 88.8 Å². The highest BCUT2D eigenvalue weighted by Crippen LogP contribution is 2.32. The predicted octanol–water partition coefficient (Wildman–Crippen LogP) is 2.90. The lowest BCUT2D eigenvalue weighted by Crippen LogP contribution is -2.35. The maximum atomic E-state index is 12.1. The number of amides is 1. The molecule has 1 amide bonds. The third kappa shape index (κ3) is 4.40. The number of aliphatic hydroxyl groups excluding tert-OH is 1. The zero-order valence-electron chi connectivity index (χ0n) is 15.9. The summed E-state index contributed by atoms with van der Waals surface area (Å²) in [6.45, 7) is 1.63. The highest BCUT2D eigenvalue weighted by Gasteiger charge is 2.14. The Labute approximate surface area is 162 Å². The Hall–Kier alpha value is -3.12. The maximum absolute atomic E-state index is 12.1. The molecule has 6 nitrogen and oxygen atoms in total. The van der Waals surface area contributed by atoms with Crippen molar-refractivity contribution in [2.75, 3.05) is 13.7 Å². The van der Waals surface area contributed by atoms with Gasteiger partial charge in [0.15, 0.2) is 0 Å². The van der Waals surface area contributed by atoms with Crippen LogP contribution in [-0.4, -0.2) is 30.8 Å². The molecular formula is C22H23NO5. The van der Waals surface area contributed by atoms with Crippen LogP contribution in [0.5, 0.6) is 5.75 Å². The summed E-state index contributed by atoms with van der Waals surface area (Å²) in [6.07, 6.45) is 0.708. The summed E-state index contributed by atoms with van der Waals surface area (Å²) >= 11 is 0. The van der Waals surface area contributed by atoms with E-state index < -0.39 is 5.63 Å². The average Bonchev–Trinajstić information content (AvgIpc) is 2.71. The van der Waals surface area contributed by atoms with Crippen LogP contribution in [0.25, 0.3) is 22.1 Å². The fourth-order valence-corrected chi connectivity index (χ4v) is 3.12. The second-order valence-electron chi connectivity index (χ2n) is 6.66. The number of benzene rings is 2. The molecule has 0 spiro atoms. The zero-order valence-corrected chi connectivity index (χ0v) is 15.9. The molecule has 0 aliphatic heterocycles. The number of aliphatic hydroxyl groups is 1. The van der Waals surface area contributed by atoms with E-state index >= 15 is 0 Å². The third-order valence-corrected chi connectivity index (χ3v) is 4.53. The van der Waals surface area contributed by atoms with Crippen molar-refractivity contribution in [2.45, 2.75) is 25.8 Å². The lowest BCUT2D eigenvalue weighted by molar-refractivity contribution is -0.121. The van der Waals surface area contributed by atoms with Crippen molar-refractivity contribution >= 4 is 16.9 Å². The molecule has 2 N–H and O–H groups in total. The molecule has 1 aromatic heterocycles. The Morgan fingerprint density at radius 1 is 1.21 bits per heavy atom. The molecule has 0 saturated carbocycles. The molecule has 3 rings (SSSR count). The van der Waals surface area contributed by atoms with E-state index in [0.29, 0.717) is 17.8 Å². The van der Waals surface area contributed by atoms with Crippen molar-refractivity contribution in [3.05, 3.63) is 64.5 Å². The van der Waals surface area contributed by atoms with E-state index in [4.69, 9.17) is 14.3 Å². The number of rotatable bonds is 7. The van der Waals surface area contributed by atoms with Crippen molar-refractivity contribution in [1.29, 1.82) is 0 Å². The van der Waals surface area contributed by atoms with Gasteiger partial charge in [-0.05, 0) is 36.1 Å². The number of hydrogen-bond donors (Lipinski definition) is 2. The van der Waals surface area contributed by atoms with Crippen molar-refractivity contribution < 1.29 is 19.1 Å². The molecule has 146 valence electrons. The highest BCUT2D eigenvalue weighted by atomic mass is 16.5. The molecular weight excluding hydrogens is 358 g/mol. The van der Waals surface area contributed by atoms with Gasteiger partial charge in [-0.2, -0.15) is 0 Å². The Kier molecular flexibility index (Phi) is 6.11. The van der Waals surface area contributed by atoms with Gasteiger partial charge >= 0.3 is 5.63 Å². The summed E-state index contributed by atoms with van der Waals surface area (Å²) in [5.74, 6) is 0.412. The van der Waals surface area contributed by atoms with Gasteiger partial charge < -0.3 is 19.6 Å². The Morgan fingerprint density at radius 2 is 1.96 bits per heavy atom. The molecule has 0 aliphatic rings. The van der Waals surface area contributed by atoms with Crippen LogP contribution < -0.4 is 15.7 Å². The van der Waals surface area contributed by atoms with Gasteiger partial charge in [-0.15, -0.1) is 0 Å². The van der Waals surface area contributed by atoms with E-state index in [-0.39, 0.29) is 25.0 Å². The fourth-order valence-electron chi connectivity index (χ4n) is 3.12. The minimum Gasteiger partial charge on any atom is -0.496 e. The minimum absolute atomic E-state index is 0.107. The number of methoxy groups -OCH3 is 1. The second-order valence-corrected chi connectivity index (χ2v) is 6.66. The quantitative estimate of drug-likeness (QED) is 0.615. The van der Waals surface area contributed by atoms with Gasteiger partial charge in [0.05, 0.1) is 13.7 Å². The van der Waals surface area contributed by atoms with Gasteiger partial charge in [-0.1, -0.05) is 30.3 Å². The maximum Gasteiger partial charge on any atom is 0.336 e. The van der Waals surface area contributed by atoms with Crippen LogP contribution in [0, 0.1) is 0 Å². The summed E-state index contributed by atoms with van der Waals surface area (Å²) in [7, 11) is 1.54. The lowest BCUT2D eigenvalue weighted by Gasteiger charge is -2.13. The third-order valence-electron chi connectivity index (χ3n) is 4.53. The zero-order chi connectivity index (χ0) is 20.1. The van der Waals surface area contributed by atoms with Gasteiger partial charge in [0.2, 0.25) is 5.91 Å². The first-order chi connectivity index (χ1) is 13.5. The molecule has 0 saturated heterocycles. The summed E-state index contributed by atoms with van der Waals surface area (Å²) in [5.41, 5.74) is 2.52. The number of carbonyl (C=O) groups excluding carboxylic acids is 1. The second kappa shape index (κ2) is 8.71. The number of fused-ring (bicyclic) bond motifs is 1. The van der Waals surface area contributed by atoms with Crippen molar-refractivity contribution in [2.24, 2.45) is 0 Å². The van der Waals surface area contributed by atoms with Crippen LogP contribution in [0.1, 0.15) is 18.9 Å². The molecule has 0 unspecified atom stereocenters. The molecule has 28 heavy (non-hydrogen) atoms. The van der Waals surface area contributed by atoms with Crippen LogP contribution in [0.15, 0.2) is 57.7 Å². The van der Waals surface area contributed by atoms with Gasteiger partial charge in [0.1, 0.15) is 11.3 Å². The first kappa shape index (κ1) is 19.6. The number of ether oxygens (including phenoxy) is 1. The van der Waals surface area contributed by atoms with Crippen molar-refractivity contribution in [1.82, 2.24) is 5.32 Å². The summed E-state index contributed by atoms with van der Waals surface area (Å²) in [4.78, 5) is 24.1.